The molecule has 0 heterocycles. The molecule has 0 aromatic heterocycles. The Kier molecular flexibility index (Phi) is 3.96. The zero-order chi connectivity index (χ0) is 12.3. The van der Waals surface area contributed by atoms with Crippen LogP contribution in [0.4, 0.5) is 22.0 Å². The molecule has 0 atom stereocenters. The van der Waals surface area contributed by atoms with Crippen molar-refractivity contribution in [1.82, 2.24) is 0 Å². The minimum Gasteiger partial charge on any atom is -0.406 e. The number of hydrogen-bond acceptors (Lipinski definition) is 1. The fraction of sp³-hybridized carbons (Fsp3) is 0.333. The lowest BCUT2D eigenvalue weighted by atomic mass is 10.1. The molecule has 0 unspecified atom stereocenters. The van der Waals surface area contributed by atoms with Crippen molar-refractivity contribution in [1.29, 1.82) is 0 Å². The van der Waals surface area contributed by atoms with Crippen LogP contribution in [-0.4, -0.2) is 6.36 Å². The predicted octanol–water partition coefficient (Wildman–Crippen LogP) is 4.26. The van der Waals surface area contributed by atoms with E-state index in [2.05, 4.69) is 4.74 Å². The maximum absolute atomic E-state index is 12.4. The Morgan fingerprint density at radius 2 is 1.88 bits per heavy atom. The quantitative estimate of drug-likeness (QED) is 0.583. The van der Waals surface area contributed by atoms with E-state index in [-0.39, 0.29) is 11.4 Å². The van der Waals surface area contributed by atoms with Gasteiger partial charge in [-0.3, -0.25) is 0 Å². The smallest absolute Gasteiger partial charge is 0.406 e. The third-order valence-corrected chi connectivity index (χ3v) is 2.02. The van der Waals surface area contributed by atoms with Gasteiger partial charge in [0.15, 0.2) is 0 Å². The van der Waals surface area contributed by atoms with Crippen molar-refractivity contribution >= 4 is 11.6 Å². The largest absolute Gasteiger partial charge is 0.573 e. The van der Waals surface area contributed by atoms with Crippen LogP contribution in [0.5, 0.6) is 5.75 Å². The Hall–Kier alpha value is -1.04. The fourth-order valence-corrected chi connectivity index (χ4v) is 1.34. The van der Waals surface area contributed by atoms with Crippen LogP contribution in [0.15, 0.2) is 18.2 Å². The van der Waals surface area contributed by atoms with Gasteiger partial charge in [0.25, 0.3) is 6.43 Å². The third-order valence-electron chi connectivity index (χ3n) is 1.73. The molecule has 0 amide bonds. The Morgan fingerprint density at radius 1 is 1.25 bits per heavy atom. The van der Waals surface area contributed by atoms with E-state index in [1.165, 1.54) is 0 Å². The van der Waals surface area contributed by atoms with Gasteiger partial charge in [-0.1, -0.05) is 0 Å². The van der Waals surface area contributed by atoms with Crippen molar-refractivity contribution in [2.24, 2.45) is 0 Å². The van der Waals surface area contributed by atoms with Gasteiger partial charge < -0.3 is 4.74 Å². The average molecular weight is 261 g/mol. The van der Waals surface area contributed by atoms with Gasteiger partial charge in [-0.25, -0.2) is 8.78 Å². The van der Waals surface area contributed by atoms with Gasteiger partial charge in [0, 0.05) is 11.4 Å². The molecule has 1 nitrogen and oxygen atoms in total. The molecular weight excluding hydrogens is 255 g/mol. The highest BCUT2D eigenvalue weighted by Crippen LogP contribution is 2.30. The lowest BCUT2D eigenvalue weighted by Gasteiger charge is -2.11. The predicted molar refractivity (Wildman–Crippen MR) is 47.6 cm³/mol. The summed E-state index contributed by atoms with van der Waals surface area (Å²) in [6.07, 6.45) is -7.63. The summed E-state index contributed by atoms with van der Waals surface area (Å²) in [6, 6.07) is 2.54. The van der Waals surface area contributed by atoms with Crippen molar-refractivity contribution in [3.8, 4) is 5.75 Å². The molecular formula is C9H6ClF5O. The lowest BCUT2D eigenvalue weighted by molar-refractivity contribution is -0.274. The standard InChI is InChI=1S/C9H6ClF5O/c10-4-5-3-6(16-9(13,14)15)1-2-7(5)8(11)12/h1-3,8H,4H2. The molecule has 0 aliphatic rings. The Bertz CT molecular complexity index is 363. The van der Waals surface area contributed by atoms with Crippen LogP contribution in [0.25, 0.3) is 0 Å². The third kappa shape index (κ3) is 3.52. The van der Waals surface area contributed by atoms with Crippen LogP contribution in [0.2, 0.25) is 0 Å². The molecule has 1 rings (SSSR count). The first-order chi connectivity index (χ1) is 7.33. The summed E-state index contributed by atoms with van der Waals surface area (Å²) >= 11 is 5.35. The highest BCUT2D eigenvalue weighted by Gasteiger charge is 2.31. The van der Waals surface area contributed by atoms with E-state index in [0.29, 0.717) is 0 Å². The highest BCUT2D eigenvalue weighted by atomic mass is 35.5. The van der Waals surface area contributed by atoms with Crippen molar-refractivity contribution in [3.63, 3.8) is 0 Å². The molecule has 1 aromatic rings. The maximum atomic E-state index is 12.4. The molecule has 0 aliphatic heterocycles. The van der Waals surface area contributed by atoms with Crippen LogP contribution >= 0.6 is 11.6 Å². The van der Waals surface area contributed by atoms with E-state index >= 15 is 0 Å². The summed E-state index contributed by atoms with van der Waals surface area (Å²) in [5.74, 6) is -0.873. The van der Waals surface area contributed by atoms with Crippen molar-refractivity contribution in [2.45, 2.75) is 18.7 Å². The summed E-state index contributed by atoms with van der Waals surface area (Å²) in [7, 11) is 0. The van der Waals surface area contributed by atoms with Crippen LogP contribution < -0.4 is 4.74 Å². The second kappa shape index (κ2) is 4.86. The number of rotatable bonds is 3. The van der Waals surface area contributed by atoms with Gasteiger partial charge >= 0.3 is 6.36 Å². The van der Waals surface area contributed by atoms with E-state index in [1.807, 2.05) is 0 Å². The minimum atomic E-state index is -4.85. The number of halogens is 6. The molecule has 0 spiro atoms. The summed E-state index contributed by atoms with van der Waals surface area (Å²) in [6.45, 7) is 0. The summed E-state index contributed by atoms with van der Waals surface area (Å²) in [4.78, 5) is 0. The zero-order valence-electron chi connectivity index (χ0n) is 7.69. The minimum absolute atomic E-state index is 0.0848. The Morgan fingerprint density at radius 3 is 2.31 bits per heavy atom. The van der Waals surface area contributed by atoms with Gasteiger partial charge in [0.05, 0.1) is 0 Å². The number of benzene rings is 1. The molecule has 0 saturated heterocycles. The van der Waals surface area contributed by atoms with Crippen LogP contribution in [-0.2, 0) is 5.88 Å². The van der Waals surface area contributed by atoms with Crippen LogP contribution in [0, 0.1) is 0 Å². The molecule has 0 N–H and O–H groups in total. The van der Waals surface area contributed by atoms with Crippen LogP contribution in [0.1, 0.15) is 17.6 Å². The van der Waals surface area contributed by atoms with Gasteiger partial charge in [-0.05, 0) is 23.8 Å². The van der Waals surface area contributed by atoms with E-state index in [0.717, 1.165) is 18.2 Å². The Balaban J connectivity index is 3.00. The lowest BCUT2D eigenvalue weighted by Crippen LogP contribution is -2.17. The molecule has 16 heavy (non-hydrogen) atoms. The zero-order valence-corrected chi connectivity index (χ0v) is 8.45. The van der Waals surface area contributed by atoms with Crippen molar-refractivity contribution in [3.05, 3.63) is 29.3 Å². The first-order valence-corrected chi connectivity index (χ1v) is 4.59. The molecule has 7 heteroatoms. The number of alkyl halides is 6. The fourth-order valence-electron chi connectivity index (χ4n) is 1.11. The topological polar surface area (TPSA) is 9.23 Å². The van der Waals surface area contributed by atoms with Crippen molar-refractivity contribution < 1.29 is 26.7 Å². The van der Waals surface area contributed by atoms with Gasteiger partial charge in [0.1, 0.15) is 5.75 Å². The van der Waals surface area contributed by atoms with E-state index in [9.17, 15) is 22.0 Å². The van der Waals surface area contributed by atoms with Gasteiger partial charge in [-0.2, -0.15) is 0 Å². The number of hydrogen-bond donors (Lipinski definition) is 0. The van der Waals surface area contributed by atoms with Crippen LogP contribution in [0.3, 0.4) is 0 Å². The van der Waals surface area contributed by atoms with E-state index in [4.69, 9.17) is 11.6 Å². The molecule has 0 bridgehead atoms. The van der Waals surface area contributed by atoms with Gasteiger partial charge in [-0.15, -0.1) is 24.8 Å². The molecule has 1 aromatic carbocycles. The second-order valence-corrected chi connectivity index (χ2v) is 3.11. The first-order valence-electron chi connectivity index (χ1n) is 4.06. The Labute approximate surface area is 92.8 Å². The second-order valence-electron chi connectivity index (χ2n) is 2.84. The normalized spacial score (nSPS) is 11.9. The monoisotopic (exact) mass is 260 g/mol. The summed E-state index contributed by atoms with van der Waals surface area (Å²) < 4.78 is 63.8. The summed E-state index contributed by atoms with van der Waals surface area (Å²) in [5, 5.41) is 0. The van der Waals surface area contributed by atoms with Crippen molar-refractivity contribution in [2.75, 3.05) is 0 Å². The van der Waals surface area contributed by atoms with E-state index in [1.54, 1.807) is 0 Å². The van der Waals surface area contributed by atoms with Gasteiger partial charge in [0.2, 0.25) is 0 Å². The summed E-state index contributed by atoms with van der Waals surface area (Å²) in [5.41, 5.74) is -0.483. The molecule has 0 fully saturated rings. The molecule has 90 valence electrons. The average Bonchev–Trinajstić information content (AvgIpc) is 2.14. The SMILES string of the molecule is FC(F)c1ccc(OC(F)(F)F)cc1CCl. The number of ether oxygens (including phenoxy) is 1. The maximum Gasteiger partial charge on any atom is 0.573 e. The highest BCUT2D eigenvalue weighted by molar-refractivity contribution is 6.17. The molecule has 0 radical (unpaired) electrons. The molecule has 0 saturated carbocycles. The first kappa shape index (κ1) is 13.0. The van der Waals surface area contributed by atoms with E-state index < -0.39 is 24.1 Å². The molecule has 0 aliphatic carbocycles.